The van der Waals surface area contributed by atoms with Gasteiger partial charge in [-0.1, -0.05) is 41.9 Å². The quantitative estimate of drug-likeness (QED) is 0.202. The third kappa shape index (κ3) is 7.31. The third-order valence-electron chi connectivity index (χ3n) is 7.18. The number of benzene rings is 3. The highest BCUT2D eigenvalue weighted by molar-refractivity contribution is 6.30. The molecule has 0 bridgehead atoms. The molecule has 3 N–H and O–H groups in total. The van der Waals surface area contributed by atoms with E-state index >= 15 is 0 Å². The van der Waals surface area contributed by atoms with Gasteiger partial charge in [0.1, 0.15) is 23.0 Å². The fourth-order valence-electron chi connectivity index (χ4n) is 5.17. The lowest BCUT2D eigenvalue weighted by Gasteiger charge is -2.24. The van der Waals surface area contributed by atoms with Crippen LogP contribution in [0.25, 0.3) is 22.1 Å². The van der Waals surface area contributed by atoms with Gasteiger partial charge in [0.2, 0.25) is 5.91 Å². The Morgan fingerprint density at radius 3 is 2.64 bits per heavy atom. The van der Waals surface area contributed by atoms with Gasteiger partial charge < -0.3 is 30.0 Å². The Labute approximate surface area is 259 Å². The number of rotatable bonds is 7. The van der Waals surface area contributed by atoms with Crippen molar-refractivity contribution < 1.29 is 27.9 Å². The summed E-state index contributed by atoms with van der Waals surface area (Å²) in [5.41, 5.74) is 3.28. The normalized spacial score (nSPS) is 14.8. The second-order valence-corrected chi connectivity index (χ2v) is 12.0. The summed E-state index contributed by atoms with van der Waals surface area (Å²) >= 11 is 5.86. The number of likely N-dealkylation sites (tertiary alicyclic amines) is 1. The molecule has 0 spiro atoms. The Hall–Kier alpha value is -4.57. The Kier molecular flexibility index (Phi) is 9.10. The zero-order valence-electron chi connectivity index (χ0n) is 24.7. The van der Waals surface area contributed by atoms with Gasteiger partial charge in [-0.05, 0) is 75.1 Å². The van der Waals surface area contributed by atoms with Crippen molar-refractivity contribution in [2.45, 2.75) is 58.3 Å². The zero-order chi connectivity index (χ0) is 31.4. The lowest BCUT2D eigenvalue weighted by atomic mass is 10.0. The molecular formula is C33H34ClFN4O5. The van der Waals surface area contributed by atoms with E-state index in [4.69, 9.17) is 20.8 Å². The molecule has 0 unspecified atom stereocenters. The first-order chi connectivity index (χ1) is 21.0. The molecule has 0 saturated carbocycles. The minimum absolute atomic E-state index is 0.0169. The molecule has 230 valence electrons. The van der Waals surface area contributed by atoms with E-state index in [-0.39, 0.29) is 29.6 Å². The maximum absolute atomic E-state index is 14.3. The van der Waals surface area contributed by atoms with Gasteiger partial charge >= 0.3 is 12.1 Å². The number of fused-ring (bicyclic) bond motifs is 1. The molecule has 9 nitrogen and oxygen atoms in total. The number of carbonyl (C=O) groups is 3. The van der Waals surface area contributed by atoms with Gasteiger partial charge in [-0.2, -0.15) is 0 Å². The van der Waals surface area contributed by atoms with Crippen molar-refractivity contribution in [3.05, 3.63) is 88.9 Å². The van der Waals surface area contributed by atoms with Crippen molar-refractivity contribution in [2.75, 3.05) is 11.9 Å². The van der Waals surface area contributed by atoms with Gasteiger partial charge in [-0.15, -0.1) is 0 Å². The number of nitrogens with zero attached hydrogens (tertiary/aromatic N) is 1. The second-order valence-electron chi connectivity index (χ2n) is 11.6. The largest absolute Gasteiger partial charge is 0.464 e. The molecule has 0 radical (unpaired) electrons. The molecule has 1 atom stereocenters. The van der Waals surface area contributed by atoms with Crippen molar-refractivity contribution in [2.24, 2.45) is 0 Å². The summed E-state index contributed by atoms with van der Waals surface area (Å²) in [7, 11) is 0. The van der Waals surface area contributed by atoms with E-state index < -0.39 is 29.6 Å². The molecule has 3 aromatic carbocycles. The maximum atomic E-state index is 14.3. The number of urea groups is 1. The molecule has 0 aliphatic carbocycles. The SMILES string of the molecule is CC(C)(C)OC(=O)NCc1cccc(-c2cc(NC(=O)N3CCC[C@H]3C(=O)NCc3cccc(Cl)c3F)cc3ccoc23)c1. The third-order valence-corrected chi connectivity index (χ3v) is 7.47. The Morgan fingerprint density at radius 2 is 1.84 bits per heavy atom. The van der Waals surface area contributed by atoms with Crippen LogP contribution in [0.2, 0.25) is 5.02 Å². The van der Waals surface area contributed by atoms with E-state index in [9.17, 15) is 18.8 Å². The van der Waals surface area contributed by atoms with Crippen LogP contribution in [0.3, 0.4) is 0 Å². The monoisotopic (exact) mass is 620 g/mol. The van der Waals surface area contributed by atoms with Gasteiger partial charge in [-0.25, -0.2) is 14.0 Å². The predicted molar refractivity (Wildman–Crippen MR) is 167 cm³/mol. The number of ether oxygens (including phenoxy) is 1. The van der Waals surface area contributed by atoms with Crippen LogP contribution < -0.4 is 16.0 Å². The number of carbonyl (C=O) groups excluding carboxylic acids is 3. The van der Waals surface area contributed by atoms with Crippen LogP contribution in [-0.4, -0.2) is 41.1 Å². The van der Waals surface area contributed by atoms with E-state index in [1.807, 2.05) is 36.4 Å². The van der Waals surface area contributed by atoms with Gasteiger partial charge in [-0.3, -0.25) is 4.79 Å². The molecule has 11 heteroatoms. The lowest BCUT2D eigenvalue weighted by molar-refractivity contribution is -0.124. The number of anilines is 1. The van der Waals surface area contributed by atoms with Crippen molar-refractivity contribution >= 4 is 46.3 Å². The fourth-order valence-corrected chi connectivity index (χ4v) is 5.36. The van der Waals surface area contributed by atoms with Crippen molar-refractivity contribution in [1.82, 2.24) is 15.5 Å². The number of hydrogen-bond donors (Lipinski definition) is 3. The van der Waals surface area contributed by atoms with Crippen LogP contribution >= 0.6 is 11.6 Å². The number of hydrogen-bond acceptors (Lipinski definition) is 5. The highest BCUT2D eigenvalue weighted by Crippen LogP contribution is 2.34. The molecule has 44 heavy (non-hydrogen) atoms. The standard InChI is InChI=1S/C33H34ClFN4O5/c1-33(2,3)44-32(42)37-18-20-7-4-8-21(15-20)25-17-24(16-22-12-14-43-29(22)25)38-31(41)39-13-6-11-27(39)30(40)36-19-23-9-5-10-26(34)28(23)35/h4-5,7-10,12,14-17,27H,6,11,13,18-19H2,1-3H3,(H,36,40)(H,37,42)(H,38,41)/t27-/m0/s1. The minimum Gasteiger partial charge on any atom is -0.464 e. The highest BCUT2D eigenvalue weighted by atomic mass is 35.5. The first-order valence-corrected chi connectivity index (χ1v) is 14.7. The van der Waals surface area contributed by atoms with Crippen molar-refractivity contribution in [3.63, 3.8) is 0 Å². The summed E-state index contributed by atoms with van der Waals surface area (Å²) in [5, 5.41) is 9.22. The molecule has 1 aliphatic heterocycles. The maximum Gasteiger partial charge on any atom is 0.407 e. The molecule has 1 aromatic heterocycles. The number of furan rings is 1. The predicted octanol–water partition coefficient (Wildman–Crippen LogP) is 7.23. The molecule has 1 fully saturated rings. The van der Waals surface area contributed by atoms with Gasteiger partial charge in [0.25, 0.3) is 0 Å². The average Bonchev–Trinajstić information content (AvgIpc) is 3.66. The van der Waals surface area contributed by atoms with Gasteiger partial charge in [0.15, 0.2) is 0 Å². The summed E-state index contributed by atoms with van der Waals surface area (Å²) in [6.45, 7) is 6.04. The summed E-state index contributed by atoms with van der Waals surface area (Å²) in [6, 6.07) is 16.6. The molecule has 5 rings (SSSR count). The Balaban J connectivity index is 1.29. The molecule has 4 amide bonds. The van der Waals surface area contributed by atoms with E-state index in [0.717, 1.165) is 22.1 Å². The van der Waals surface area contributed by atoms with Crippen molar-refractivity contribution in [3.8, 4) is 11.1 Å². The van der Waals surface area contributed by atoms with E-state index in [2.05, 4.69) is 16.0 Å². The van der Waals surface area contributed by atoms with E-state index in [1.54, 1.807) is 45.2 Å². The summed E-state index contributed by atoms with van der Waals surface area (Å²) in [4.78, 5) is 40.1. The topological polar surface area (TPSA) is 113 Å². The van der Waals surface area contributed by atoms with Crippen LogP contribution in [0.5, 0.6) is 0 Å². The van der Waals surface area contributed by atoms with Crippen LogP contribution in [0.4, 0.5) is 19.7 Å². The fraction of sp³-hybridized carbons (Fsp3) is 0.303. The molecule has 1 saturated heterocycles. The number of halogens is 2. The second kappa shape index (κ2) is 13.0. The average molecular weight is 621 g/mol. The molecule has 2 heterocycles. The number of amides is 4. The first-order valence-electron chi connectivity index (χ1n) is 14.3. The first kappa shape index (κ1) is 30.9. The minimum atomic E-state index is -0.691. The van der Waals surface area contributed by atoms with Gasteiger partial charge in [0.05, 0.1) is 11.3 Å². The molecule has 4 aromatic rings. The highest BCUT2D eigenvalue weighted by Gasteiger charge is 2.34. The van der Waals surface area contributed by atoms with Crippen LogP contribution in [-0.2, 0) is 22.6 Å². The van der Waals surface area contributed by atoms with Crippen LogP contribution in [0, 0.1) is 5.82 Å². The van der Waals surface area contributed by atoms with E-state index in [1.165, 1.54) is 11.0 Å². The van der Waals surface area contributed by atoms with Gasteiger partial charge in [0, 0.05) is 41.8 Å². The summed E-state index contributed by atoms with van der Waals surface area (Å²) in [6.07, 6.45) is 2.23. The van der Waals surface area contributed by atoms with Crippen LogP contribution in [0.15, 0.2) is 71.3 Å². The Bertz CT molecular complexity index is 1700. The summed E-state index contributed by atoms with van der Waals surface area (Å²) in [5.74, 6) is -0.939. The molecular weight excluding hydrogens is 587 g/mol. The number of alkyl carbamates (subject to hydrolysis) is 1. The number of nitrogens with one attached hydrogen (secondary N) is 3. The smallest absolute Gasteiger partial charge is 0.407 e. The Morgan fingerprint density at radius 1 is 1.05 bits per heavy atom. The molecule has 1 aliphatic rings. The van der Waals surface area contributed by atoms with E-state index in [0.29, 0.717) is 30.7 Å². The van der Waals surface area contributed by atoms with Crippen molar-refractivity contribution in [1.29, 1.82) is 0 Å². The summed E-state index contributed by atoms with van der Waals surface area (Å²) < 4.78 is 25.4. The van der Waals surface area contributed by atoms with Crippen LogP contribution in [0.1, 0.15) is 44.7 Å². The lowest BCUT2D eigenvalue weighted by Crippen LogP contribution is -2.47. The zero-order valence-corrected chi connectivity index (χ0v) is 25.5.